The summed E-state index contributed by atoms with van der Waals surface area (Å²) >= 11 is 0. The molecule has 0 saturated heterocycles. The molecule has 0 radical (unpaired) electrons. The fourth-order valence-electron chi connectivity index (χ4n) is 1.81. The highest BCUT2D eigenvalue weighted by Crippen LogP contribution is 2.27. The maximum atomic E-state index is 12.0. The number of rotatable bonds is 8. The van der Waals surface area contributed by atoms with Gasteiger partial charge in [-0.25, -0.2) is 0 Å². The van der Waals surface area contributed by atoms with Crippen LogP contribution in [0.1, 0.15) is 18.9 Å². The van der Waals surface area contributed by atoms with Crippen molar-refractivity contribution in [3.63, 3.8) is 0 Å². The number of likely N-dealkylation sites (N-methyl/N-ethyl adjacent to an activating group) is 1. The number of carboxylic acids is 1. The molecule has 6 nitrogen and oxygen atoms in total. The molecule has 1 rings (SSSR count). The minimum absolute atomic E-state index is 0.0760. The molecule has 0 unspecified atom stereocenters. The first kappa shape index (κ1) is 16.8. The number of hydrogen-bond donors (Lipinski definition) is 1. The fraction of sp³-hybridized carbons (Fsp3) is 0.467. The van der Waals surface area contributed by atoms with Crippen LogP contribution >= 0.6 is 0 Å². The molecule has 0 bridgehead atoms. The highest BCUT2D eigenvalue weighted by atomic mass is 16.5. The van der Waals surface area contributed by atoms with Gasteiger partial charge in [0.25, 0.3) is 5.91 Å². The van der Waals surface area contributed by atoms with Crippen molar-refractivity contribution in [1.82, 2.24) is 4.90 Å². The summed E-state index contributed by atoms with van der Waals surface area (Å²) in [5.74, 6) is -0.120. The van der Waals surface area contributed by atoms with Crippen molar-refractivity contribution in [1.29, 1.82) is 0 Å². The van der Waals surface area contributed by atoms with Gasteiger partial charge in [-0.1, -0.05) is 6.07 Å². The van der Waals surface area contributed by atoms with E-state index in [0.29, 0.717) is 18.0 Å². The molecule has 1 aromatic carbocycles. The van der Waals surface area contributed by atoms with E-state index in [1.807, 2.05) is 19.1 Å². The second kappa shape index (κ2) is 8.14. The van der Waals surface area contributed by atoms with Crippen LogP contribution in [-0.4, -0.2) is 48.7 Å². The van der Waals surface area contributed by atoms with Crippen LogP contribution in [0.2, 0.25) is 0 Å². The van der Waals surface area contributed by atoms with E-state index < -0.39 is 5.97 Å². The highest BCUT2D eigenvalue weighted by Gasteiger charge is 2.14. The van der Waals surface area contributed by atoms with Gasteiger partial charge in [-0.3, -0.25) is 9.59 Å². The lowest BCUT2D eigenvalue weighted by Crippen LogP contribution is -2.36. The van der Waals surface area contributed by atoms with Crippen LogP contribution in [0.15, 0.2) is 18.2 Å². The average molecular weight is 295 g/mol. The van der Waals surface area contributed by atoms with Crippen LogP contribution in [0.25, 0.3) is 0 Å². The summed E-state index contributed by atoms with van der Waals surface area (Å²) in [6, 6.07) is 5.43. The van der Waals surface area contributed by atoms with Crippen molar-refractivity contribution in [2.75, 3.05) is 26.8 Å². The first-order chi connectivity index (χ1) is 9.97. The summed E-state index contributed by atoms with van der Waals surface area (Å²) in [4.78, 5) is 24.0. The van der Waals surface area contributed by atoms with Crippen molar-refractivity contribution < 1.29 is 24.2 Å². The molecule has 116 valence electrons. The van der Waals surface area contributed by atoms with E-state index >= 15 is 0 Å². The Balaban J connectivity index is 2.60. The van der Waals surface area contributed by atoms with Gasteiger partial charge in [0.05, 0.1) is 13.5 Å². The summed E-state index contributed by atoms with van der Waals surface area (Å²) in [5, 5.41) is 8.66. The maximum absolute atomic E-state index is 12.0. The van der Waals surface area contributed by atoms with Crippen molar-refractivity contribution in [3.05, 3.63) is 23.8 Å². The van der Waals surface area contributed by atoms with Gasteiger partial charge in [-0.05, 0) is 31.5 Å². The molecule has 0 spiro atoms. The van der Waals surface area contributed by atoms with E-state index in [1.54, 1.807) is 13.0 Å². The normalized spacial score (nSPS) is 10.0. The molecule has 0 atom stereocenters. The number of hydrogen-bond acceptors (Lipinski definition) is 4. The molecule has 0 heterocycles. The molecule has 0 fully saturated rings. The van der Waals surface area contributed by atoms with Crippen LogP contribution in [-0.2, 0) is 9.59 Å². The number of carbonyl (C=O) groups excluding carboxylic acids is 1. The molecule has 0 aliphatic carbocycles. The molecular formula is C15H21NO5. The van der Waals surface area contributed by atoms with Gasteiger partial charge in [0, 0.05) is 13.1 Å². The molecule has 0 aromatic heterocycles. The van der Waals surface area contributed by atoms with E-state index in [0.717, 1.165) is 5.56 Å². The zero-order valence-electron chi connectivity index (χ0n) is 12.6. The Morgan fingerprint density at radius 1 is 1.29 bits per heavy atom. The standard InChI is InChI=1S/C15H21NO5/c1-4-16(8-7-15(18)19)14(17)10-21-12-6-5-11(2)9-13(12)20-3/h5-6,9H,4,7-8,10H2,1-3H3,(H,18,19). The number of carbonyl (C=O) groups is 2. The monoisotopic (exact) mass is 295 g/mol. The van der Waals surface area contributed by atoms with Crippen LogP contribution < -0.4 is 9.47 Å². The largest absolute Gasteiger partial charge is 0.493 e. The predicted octanol–water partition coefficient (Wildman–Crippen LogP) is 1.71. The molecule has 1 N–H and O–H groups in total. The molecule has 0 aliphatic rings. The van der Waals surface area contributed by atoms with Gasteiger partial charge in [0.15, 0.2) is 18.1 Å². The maximum Gasteiger partial charge on any atom is 0.305 e. The first-order valence-electron chi connectivity index (χ1n) is 6.75. The highest BCUT2D eigenvalue weighted by molar-refractivity contribution is 5.78. The number of aliphatic carboxylic acids is 1. The lowest BCUT2D eigenvalue weighted by Gasteiger charge is -2.20. The molecule has 0 aliphatic heterocycles. The van der Waals surface area contributed by atoms with E-state index in [1.165, 1.54) is 12.0 Å². The zero-order chi connectivity index (χ0) is 15.8. The van der Waals surface area contributed by atoms with Crippen LogP contribution in [0.4, 0.5) is 0 Å². The molecule has 1 amide bonds. The van der Waals surface area contributed by atoms with Crippen LogP contribution in [0, 0.1) is 6.92 Å². The summed E-state index contributed by atoms with van der Waals surface area (Å²) in [6.45, 7) is 4.21. The Morgan fingerprint density at radius 2 is 2.00 bits per heavy atom. The van der Waals surface area contributed by atoms with Gasteiger partial charge >= 0.3 is 5.97 Å². The Labute approximate surface area is 124 Å². The molecule has 6 heteroatoms. The number of carboxylic acid groups (broad SMARTS) is 1. The molecule has 21 heavy (non-hydrogen) atoms. The third-order valence-electron chi connectivity index (χ3n) is 3.00. The van der Waals surface area contributed by atoms with E-state index in [4.69, 9.17) is 14.6 Å². The van der Waals surface area contributed by atoms with E-state index in [9.17, 15) is 9.59 Å². The third kappa shape index (κ3) is 5.33. The lowest BCUT2D eigenvalue weighted by molar-refractivity contribution is -0.139. The molecule has 0 saturated carbocycles. The fourth-order valence-corrected chi connectivity index (χ4v) is 1.81. The summed E-state index contributed by atoms with van der Waals surface area (Å²) in [5.41, 5.74) is 1.03. The van der Waals surface area contributed by atoms with E-state index in [-0.39, 0.29) is 25.5 Å². The van der Waals surface area contributed by atoms with Gasteiger partial charge in [-0.2, -0.15) is 0 Å². The molecule has 1 aromatic rings. The Bertz CT molecular complexity index is 501. The van der Waals surface area contributed by atoms with Crippen molar-refractivity contribution >= 4 is 11.9 Å². The topological polar surface area (TPSA) is 76.1 Å². The third-order valence-corrected chi connectivity index (χ3v) is 3.00. The zero-order valence-corrected chi connectivity index (χ0v) is 12.6. The quantitative estimate of drug-likeness (QED) is 0.790. The average Bonchev–Trinajstić information content (AvgIpc) is 2.46. The molecular weight excluding hydrogens is 274 g/mol. The summed E-state index contributed by atoms with van der Waals surface area (Å²) in [6.07, 6.45) is -0.0760. The van der Waals surface area contributed by atoms with Gasteiger partial charge < -0.3 is 19.5 Å². The Kier molecular flexibility index (Phi) is 6.52. The van der Waals surface area contributed by atoms with Crippen molar-refractivity contribution in [2.24, 2.45) is 0 Å². The number of amides is 1. The number of aryl methyl sites for hydroxylation is 1. The van der Waals surface area contributed by atoms with Crippen molar-refractivity contribution in [2.45, 2.75) is 20.3 Å². The first-order valence-corrected chi connectivity index (χ1v) is 6.75. The SMILES string of the molecule is CCN(CCC(=O)O)C(=O)COc1ccc(C)cc1OC. The number of methoxy groups -OCH3 is 1. The van der Waals surface area contributed by atoms with Crippen molar-refractivity contribution in [3.8, 4) is 11.5 Å². The van der Waals surface area contributed by atoms with Crippen LogP contribution in [0.5, 0.6) is 11.5 Å². The summed E-state index contributed by atoms with van der Waals surface area (Å²) in [7, 11) is 1.54. The smallest absolute Gasteiger partial charge is 0.305 e. The predicted molar refractivity (Wildman–Crippen MR) is 77.7 cm³/mol. The van der Waals surface area contributed by atoms with Gasteiger partial charge in [0.1, 0.15) is 0 Å². The summed E-state index contributed by atoms with van der Waals surface area (Å²) < 4.78 is 10.7. The minimum Gasteiger partial charge on any atom is -0.493 e. The number of ether oxygens (including phenoxy) is 2. The second-order valence-corrected chi connectivity index (χ2v) is 4.56. The van der Waals surface area contributed by atoms with Gasteiger partial charge in [-0.15, -0.1) is 0 Å². The lowest BCUT2D eigenvalue weighted by atomic mass is 10.2. The Hall–Kier alpha value is -2.24. The van der Waals surface area contributed by atoms with Gasteiger partial charge in [0.2, 0.25) is 0 Å². The van der Waals surface area contributed by atoms with Crippen LogP contribution in [0.3, 0.4) is 0 Å². The number of benzene rings is 1. The minimum atomic E-state index is -0.928. The van der Waals surface area contributed by atoms with E-state index in [2.05, 4.69) is 0 Å². The number of nitrogens with zero attached hydrogens (tertiary/aromatic N) is 1. The Morgan fingerprint density at radius 3 is 2.57 bits per heavy atom. The second-order valence-electron chi connectivity index (χ2n) is 4.56.